The van der Waals surface area contributed by atoms with Gasteiger partial charge in [-0.15, -0.1) is 0 Å². The molecule has 0 amide bonds. The van der Waals surface area contributed by atoms with Gasteiger partial charge in [-0.05, 0) is 38.3 Å². The summed E-state index contributed by atoms with van der Waals surface area (Å²) in [6, 6.07) is 4.59. The van der Waals surface area contributed by atoms with Crippen molar-refractivity contribution >= 4 is 5.71 Å². The highest BCUT2D eigenvalue weighted by Gasteiger charge is 2.15. The highest BCUT2D eigenvalue weighted by atomic mass is 16.3. The van der Waals surface area contributed by atoms with Gasteiger partial charge in [-0.3, -0.25) is 4.99 Å². The normalized spacial score (nSPS) is 18.7. The first-order valence-electron chi connectivity index (χ1n) is 5.93. The topological polar surface area (TPSA) is 25.5 Å². The van der Waals surface area contributed by atoms with Crippen LogP contribution in [0.1, 0.15) is 50.5 Å². The summed E-state index contributed by atoms with van der Waals surface area (Å²) < 4.78 is 5.62. The summed E-state index contributed by atoms with van der Waals surface area (Å²) in [5.41, 5.74) is 1.13. The van der Waals surface area contributed by atoms with Crippen LogP contribution in [0.3, 0.4) is 0 Å². The number of aryl methyl sites for hydroxylation is 1. The van der Waals surface area contributed by atoms with Crippen LogP contribution in [-0.2, 0) is 0 Å². The molecule has 1 saturated carbocycles. The van der Waals surface area contributed by atoms with Crippen LogP contribution in [0.15, 0.2) is 21.5 Å². The number of aliphatic imine (C=N–C) groups is 1. The van der Waals surface area contributed by atoms with Crippen molar-refractivity contribution in [1.29, 1.82) is 0 Å². The largest absolute Gasteiger partial charge is 0.460 e. The molecule has 82 valence electrons. The molecule has 2 rings (SSSR count). The second kappa shape index (κ2) is 4.65. The Hall–Kier alpha value is -1.05. The second-order valence-corrected chi connectivity index (χ2v) is 4.28. The van der Waals surface area contributed by atoms with Crippen LogP contribution in [0, 0.1) is 6.92 Å². The molecule has 15 heavy (non-hydrogen) atoms. The quantitative estimate of drug-likeness (QED) is 0.690. The fourth-order valence-corrected chi connectivity index (χ4v) is 2.17. The average molecular weight is 205 g/mol. The van der Waals surface area contributed by atoms with Crippen molar-refractivity contribution in [3.63, 3.8) is 0 Å². The third-order valence-electron chi connectivity index (χ3n) is 3.02. The Balaban J connectivity index is 2.15. The lowest BCUT2D eigenvalue weighted by Gasteiger charge is -2.05. The molecule has 0 aliphatic heterocycles. The number of hydrogen-bond donors (Lipinski definition) is 0. The van der Waals surface area contributed by atoms with E-state index in [1.54, 1.807) is 0 Å². The minimum absolute atomic E-state index is 0.547. The van der Waals surface area contributed by atoms with Crippen molar-refractivity contribution in [1.82, 2.24) is 0 Å². The van der Waals surface area contributed by atoms with Gasteiger partial charge in [-0.2, -0.15) is 0 Å². The molecule has 0 spiro atoms. The summed E-state index contributed by atoms with van der Waals surface area (Å²) in [6.45, 7) is 4.12. The molecule has 1 aromatic heterocycles. The van der Waals surface area contributed by atoms with Gasteiger partial charge < -0.3 is 4.42 Å². The molecule has 1 aliphatic rings. The minimum Gasteiger partial charge on any atom is -0.460 e. The summed E-state index contributed by atoms with van der Waals surface area (Å²) >= 11 is 0. The van der Waals surface area contributed by atoms with Crippen LogP contribution in [0.2, 0.25) is 0 Å². The molecule has 2 nitrogen and oxygen atoms in total. The van der Waals surface area contributed by atoms with Crippen LogP contribution >= 0.6 is 0 Å². The molecule has 0 aromatic carbocycles. The molecule has 0 unspecified atom stereocenters. The zero-order chi connectivity index (χ0) is 10.7. The summed E-state index contributed by atoms with van der Waals surface area (Å²) in [4.78, 5) is 4.80. The smallest absolute Gasteiger partial charge is 0.148 e. The number of nitrogens with zero attached hydrogens (tertiary/aromatic N) is 1. The predicted octanol–water partition coefficient (Wildman–Crippen LogP) is 3.73. The Bertz CT molecular complexity index is 345. The Labute approximate surface area is 91.4 Å². The van der Waals surface area contributed by atoms with E-state index in [0.29, 0.717) is 6.04 Å². The van der Waals surface area contributed by atoms with Crippen LogP contribution in [0.25, 0.3) is 0 Å². The average Bonchev–Trinajstić information content (AvgIpc) is 2.85. The summed E-state index contributed by atoms with van der Waals surface area (Å²) in [5, 5.41) is 0. The molecule has 0 N–H and O–H groups in total. The van der Waals surface area contributed by atoms with E-state index >= 15 is 0 Å². The van der Waals surface area contributed by atoms with E-state index in [1.165, 1.54) is 25.7 Å². The van der Waals surface area contributed by atoms with Crippen molar-refractivity contribution in [3.05, 3.63) is 23.7 Å². The Morgan fingerprint density at radius 2 is 2.13 bits per heavy atom. The first-order chi connectivity index (χ1) is 7.29. The van der Waals surface area contributed by atoms with Crippen LogP contribution in [0.5, 0.6) is 0 Å². The van der Waals surface area contributed by atoms with E-state index in [0.717, 1.165) is 23.7 Å². The molecule has 1 aliphatic carbocycles. The zero-order valence-electron chi connectivity index (χ0n) is 9.62. The number of hydrogen-bond acceptors (Lipinski definition) is 2. The maximum Gasteiger partial charge on any atom is 0.148 e. The van der Waals surface area contributed by atoms with Crippen molar-refractivity contribution in [3.8, 4) is 0 Å². The maximum atomic E-state index is 5.62. The Kier molecular flexibility index (Phi) is 3.24. The standard InChI is InChI=1S/C13H19NO/c1-3-12(13-9-8-10(2)15-13)14-11-6-4-5-7-11/h8-9,11H,3-7H2,1-2H3/b14-12+. The van der Waals surface area contributed by atoms with Gasteiger partial charge >= 0.3 is 0 Å². The second-order valence-electron chi connectivity index (χ2n) is 4.28. The lowest BCUT2D eigenvalue weighted by atomic mass is 10.2. The van der Waals surface area contributed by atoms with Crippen LogP contribution < -0.4 is 0 Å². The van der Waals surface area contributed by atoms with Crippen molar-refractivity contribution < 1.29 is 4.42 Å². The highest BCUT2D eigenvalue weighted by Crippen LogP contribution is 2.22. The molecular formula is C13H19NO. The minimum atomic E-state index is 0.547. The molecular weight excluding hydrogens is 186 g/mol. The van der Waals surface area contributed by atoms with Gasteiger partial charge in [0.05, 0.1) is 11.8 Å². The van der Waals surface area contributed by atoms with Crippen molar-refractivity contribution in [2.24, 2.45) is 4.99 Å². The first-order valence-corrected chi connectivity index (χ1v) is 5.93. The number of furan rings is 1. The summed E-state index contributed by atoms with van der Waals surface area (Å²) in [6.07, 6.45) is 6.14. The van der Waals surface area contributed by atoms with Gasteiger partial charge in [-0.25, -0.2) is 0 Å². The Morgan fingerprint density at radius 3 is 2.67 bits per heavy atom. The van der Waals surface area contributed by atoms with E-state index in [9.17, 15) is 0 Å². The van der Waals surface area contributed by atoms with Gasteiger partial charge in [0.2, 0.25) is 0 Å². The monoisotopic (exact) mass is 205 g/mol. The van der Waals surface area contributed by atoms with Gasteiger partial charge in [0.1, 0.15) is 11.5 Å². The van der Waals surface area contributed by atoms with Crippen LogP contribution in [-0.4, -0.2) is 11.8 Å². The molecule has 1 heterocycles. The summed E-state index contributed by atoms with van der Waals surface area (Å²) in [5.74, 6) is 1.93. The fraction of sp³-hybridized carbons (Fsp3) is 0.615. The first kappa shape index (κ1) is 10.5. The van der Waals surface area contributed by atoms with Crippen molar-refractivity contribution in [2.45, 2.75) is 52.0 Å². The van der Waals surface area contributed by atoms with Gasteiger partial charge in [0, 0.05) is 0 Å². The van der Waals surface area contributed by atoms with E-state index in [1.807, 2.05) is 19.1 Å². The third kappa shape index (κ3) is 2.49. The van der Waals surface area contributed by atoms with E-state index < -0.39 is 0 Å². The van der Waals surface area contributed by atoms with Gasteiger partial charge in [-0.1, -0.05) is 19.8 Å². The SMILES string of the molecule is CC/C(=N\C1CCCC1)c1ccc(C)o1. The van der Waals surface area contributed by atoms with Crippen LogP contribution in [0.4, 0.5) is 0 Å². The molecule has 1 aromatic rings. The molecule has 0 bridgehead atoms. The Morgan fingerprint density at radius 1 is 1.40 bits per heavy atom. The molecule has 2 heteroatoms. The zero-order valence-corrected chi connectivity index (χ0v) is 9.62. The van der Waals surface area contributed by atoms with E-state index in [2.05, 4.69) is 6.92 Å². The lowest BCUT2D eigenvalue weighted by molar-refractivity contribution is 0.522. The molecule has 0 saturated heterocycles. The van der Waals surface area contributed by atoms with Gasteiger partial charge in [0.15, 0.2) is 0 Å². The summed E-state index contributed by atoms with van der Waals surface area (Å²) in [7, 11) is 0. The van der Waals surface area contributed by atoms with Gasteiger partial charge in [0.25, 0.3) is 0 Å². The van der Waals surface area contributed by atoms with E-state index in [4.69, 9.17) is 9.41 Å². The maximum absolute atomic E-state index is 5.62. The lowest BCUT2D eigenvalue weighted by Crippen LogP contribution is -2.05. The van der Waals surface area contributed by atoms with E-state index in [-0.39, 0.29) is 0 Å². The fourth-order valence-electron chi connectivity index (χ4n) is 2.17. The molecule has 0 atom stereocenters. The highest BCUT2D eigenvalue weighted by molar-refractivity contribution is 5.98. The molecule has 1 fully saturated rings. The third-order valence-corrected chi connectivity index (χ3v) is 3.02. The van der Waals surface area contributed by atoms with Crippen molar-refractivity contribution in [2.75, 3.05) is 0 Å². The number of rotatable bonds is 3. The predicted molar refractivity (Wildman–Crippen MR) is 62.5 cm³/mol. The molecule has 0 radical (unpaired) electrons.